The maximum Gasteiger partial charge on any atom is 0.410 e. The van der Waals surface area contributed by atoms with Gasteiger partial charge in [0.15, 0.2) is 0 Å². The van der Waals surface area contributed by atoms with Gasteiger partial charge in [-0.05, 0) is 39.8 Å². The van der Waals surface area contributed by atoms with Crippen LogP contribution in [0.25, 0.3) is 22.0 Å². The fourth-order valence-corrected chi connectivity index (χ4v) is 4.06. The molecule has 3 aromatic rings. The van der Waals surface area contributed by atoms with E-state index in [1.807, 2.05) is 51.2 Å². The van der Waals surface area contributed by atoms with E-state index in [1.54, 1.807) is 17.4 Å². The number of ether oxygens (including phenoxy) is 1. The number of aromatic nitrogens is 3. The molecule has 1 aliphatic rings. The van der Waals surface area contributed by atoms with E-state index < -0.39 is 5.60 Å². The molecular formula is C25H32N6O2. The summed E-state index contributed by atoms with van der Waals surface area (Å²) in [5, 5.41) is 4.55. The molecule has 1 atom stereocenters. The topological polar surface area (TPSA) is 83.5 Å². The highest BCUT2D eigenvalue weighted by atomic mass is 16.6. The maximum absolute atomic E-state index is 12.3. The van der Waals surface area contributed by atoms with Crippen LogP contribution in [0.1, 0.15) is 27.7 Å². The molecule has 8 nitrogen and oxygen atoms in total. The first kappa shape index (κ1) is 22.9. The number of nitrogens with one attached hydrogen (secondary N) is 1. The molecule has 1 saturated heterocycles. The van der Waals surface area contributed by atoms with Gasteiger partial charge in [-0.1, -0.05) is 18.2 Å². The van der Waals surface area contributed by atoms with Crippen LogP contribution in [0, 0.1) is 0 Å². The summed E-state index contributed by atoms with van der Waals surface area (Å²) >= 11 is 0. The van der Waals surface area contributed by atoms with Gasteiger partial charge in [0.1, 0.15) is 17.7 Å². The highest BCUT2D eigenvalue weighted by Crippen LogP contribution is 2.29. The van der Waals surface area contributed by atoms with Crippen molar-refractivity contribution >= 4 is 22.8 Å². The molecule has 1 N–H and O–H groups in total. The van der Waals surface area contributed by atoms with E-state index in [1.165, 1.54) is 0 Å². The summed E-state index contributed by atoms with van der Waals surface area (Å²) in [7, 11) is 0. The smallest absolute Gasteiger partial charge is 0.410 e. The summed E-state index contributed by atoms with van der Waals surface area (Å²) in [6.07, 6.45) is 5.00. The van der Waals surface area contributed by atoms with Crippen molar-refractivity contribution in [3.05, 3.63) is 49.1 Å². The lowest BCUT2D eigenvalue weighted by Crippen LogP contribution is -2.51. The average molecular weight is 449 g/mol. The number of pyridine rings is 1. The number of para-hydroxylation sites is 1. The van der Waals surface area contributed by atoms with Crippen molar-refractivity contribution in [2.24, 2.45) is 0 Å². The molecule has 0 saturated carbocycles. The zero-order valence-electron chi connectivity index (χ0n) is 19.8. The van der Waals surface area contributed by atoms with Gasteiger partial charge in [0, 0.05) is 67.7 Å². The third kappa shape index (κ3) is 5.76. The van der Waals surface area contributed by atoms with Crippen LogP contribution in [0.4, 0.5) is 10.6 Å². The van der Waals surface area contributed by atoms with Gasteiger partial charge in [-0.25, -0.2) is 14.8 Å². The Balaban J connectivity index is 1.39. The van der Waals surface area contributed by atoms with Gasteiger partial charge < -0.3 is 15.0 Å². The van der Waals surface area contributed by atoms with Gasteiger partial charge >= 0.3 is 6.09 Å². The number of piperazine rings is 1. The van der Waals surface area contributed by atoms with Crippen LogP contribution in [0.5, 0.6) is 0 Å². The number of hydrogen-bond acceptors (Lipinski definition) is 7. The van der Waals surface area contributed by atoms with E-state index in [0.29, 0.717) is 13.1 Å². The van der Waals surface area contributed by atoms with Gasteiger partial charge in [0.25, 0.3) is 0 Å². The highest BCUT2D eigenvalue weighted by molar-refractivity contribution is 5.98. The van der Waals surface area contributed by atoms with Gasteiger partial charge in [0.05, 0.1) is 5.52 Å². The molecule has 8 heteroatoms. The molecule has 0 bridgehead atoms. The van der Waals surface area contributed by atoms with Crippen molar-refractivity contribution in [2.75, 3.05) is 38.0 Å². The zero-order chi connectivity index (χ0) is 23.4. The minimum absolute atomic E-state index is 0.179. The molecule has 2 aromatic heterocycles. The standard InChI is InChI=1S/C25H32N6O2/c1-18(16-30-11-13-31(14-12-30)24(32)33-25(2,3)4)29-23-21-9-5-8-20(22(21)27-17-28-23)19-7-6-10-26-15-19/h5-10,15,17-18H,11-14,16H2,1-4H3,(H,27,28,29)/t18-/m0/s1. The van der Waals surface area contributed by atoms with E-state index in [2.05, 4.69) is 38.2 Å². The van der Waals surface area contributed by atoms with Crippen molar-refractivity contribution < 1.29 is 9.53 Å². The second kappa shape index (κ2) is 9.70. The molecule has 4 rings (SSSR count). The lowest BCUT2D eigenvalue weighted by Gasteiger charge is -2.36. The molecule has 1 amide bonds. The SMILES string of the molecule is C[C@@H](CN1CCN(C(=O)OC(C)(C)C)CC1)Nc1ncnc2c(-c3cccnc3)cccc12. The van der Waals surface area contributed by atoms with Gasteiger partial charge in [-0.15, -0.1) is 0 Å². The molecule has 3 heterocycles. The third-order valence-corrected chi connectivity index (χ3v) is 5.58. The number of carbonyl (C=O) groups is 1. The van der Waals surface area contributed by atoms with E-state index in [9.17, 15) is 4.79 Å². The second-order valence-corrected chi connectivity index (χ2v) is 9.48. The van der Waals surface area contributed by atoms with E-state index in [4.69, 9.17) is 4.74 Å². The molecule has 1 aromatic carbocycles. The molecule has 174 valence electrons. The van der Waals surface area contributed by atoms with Crippen LogP contribution < -0.4 is 5.32 Å². The van der Waals surface area contributed by atoms with Crippen LogP contribution in [-0.4, -0.2) is 75.2 Å². The molecule has 0 unspecified atom stereocenters. The van der Waals surface area contributed by atoms with Crippen LogP contribution in [-0.2, 0) is 4.74 Å². The summed E-state index contributed by atoms with van der Waals surface area (Å²) in [6, 6.07) is 10.3. The fraction of sp³-hybridized carbons (Fsp3) is 0.440. The number of benzene rings is 1. The summed E-state index contributed by atoms with van der Waals surface area (Å²) in [5.41, 5.74) is 2.51. The molecule has 0 aliphatic carbocycles. The predicted molar refractivity (Wildman–Crippen MR) is 130 cm³/mol. The number of nitrogens with zero attached hydrogens (tertiary/aromatic N) is 5. The first-order valence-electron chi connectivity index (χ1n) is 11.4. The molecule has 0 radical (unpaired) electrons. The van der Waals surface area contributed by atoms with Crippen LogP contribution >= 0.6 is 0 Å². The number of hydrogen-bond donors (Lipinski definition) is 1. The van der Waals surface area contributed by atoms with Crippen molar-refractivity contribution in [1.29, 1.82) is 0 Å². The largest absolute Gasteiger partial charge is 0.444 e. The number of carbonyl (C=O) groups excluding carboxylic acids is 1. The van der Waals surface area contributed by atoms with Crippen LogP contribution in [0.2, 0.25) is 0 Å². The number of anilines is 1. The van der Waals surface area contributed by atoms with E-state index in [0.717, 1.165) is 47.5 Å². The number of fused-ring (bicyclic) bond motifs is 1. The van der Waals surface area contributed by atoms with Gasteiger partial charge in [-0.2, -0.15) is 0 Å². The first-order valence-corrected chi connectivity index (χ1v) is 11.4. The predicted octanol–water partition coefficient (Wildman–Crippen LogP) is 4.04. The van der Waals surface area contributed by atoms with Crippen LogP contribution in [0.3, 0.4) is 0 Å². The Kier molecular flexibility index (Phi) is 6.74. The Morgan fingerprint density at radius 2 is 1.91 bits per heavy atom. The van der Waals surface area contributed by atoms with E-state index in [-0.39, 0.29) is 12.1 Å². The Morgan fingerprint density at radius 1 is 1.12 bits per heavy atom. The van der Waals surface area contributed by atoms with Crippen molar-refractivity contribution in [3.63, 3.8) is 0 Å². The lowest BCUT2D eigenvalue weighted by molar-refractivity contribution is 0.0144. The van der Waals surface area contributed by atoms with Crippen LogP contribution in [0.15, 0.2) is 49.1 Å². The molecule has 0 spiro atoms. The quantitative estimate of drug-likeness (QED) is 0.630. The molecule has 33 heavy (non-hydrogen) atoms. The minimum atomic E-state index is -0.468. The Bertz CT molecular complexity index is 1090. The van der Waals surface area contributed by atoms with Gasteiger partial charge in [-0.3, -0.25) is 9.88 Å². The normalized spacial score (nSPS) is 15.9. The first-order chi connectivity index (χ1) is 15.8. The van der Waals surface area contributed by atoms with Crippen molar-refractivity contribution in [3.8, 4) is 11.1 Å². The lowest BCUT2D eigenvalue weighted by atomic mass is 10.0. The molecular weight excluding hydrogens is 416 g/mol. The summed E-state index contributed by atoms with van der Waals surface area (Å²) < 4.78 is 5.49. The highest BCUT2D eigenvalue weighted by Gasteiger charge is 2.26. The maximum atomic E-state index is 12.3. The Hall–Kier alpha value is -3.26. The second-order valence-electron chi connectivity index (χ2n) is 9.48. The van der Waals surface area contributed by atoms with E-state index >= 15 is 0 Å². The zero-order valence-corrected chi connectivity index (χ0v) is 19.8. The van der Waals surface area contributed by atoms with Gasteiger partial charge in [0.2, 0.25) is 0 Å². The summed E-state index contributed by atoms with van der Waals surface area (Å²) in [5.74, 6) is 0.825. The summed E-state index contributed by atoms with van der Waals surface area (Å²) in [4.78, 5) is 29.8. The monoisotopic (exact) mass is 448 g/mol. The number of rotatable bonds is 5. The van der Waals surface area contributed by atoms with Crippen molar-refractivity contribution in [1.82, 2.24) is 24.8 Å². The average Bonchev–Trinajstić information content (AvgIpc) is 2.79. The third-order valence-electron chi connectivity index (χ3n) is 5.58. The Labute approximate surface area is 195 Å². The molecule has 1 fully saturated rings. The van der Waals surface area contributed by atoms with Crippen molar-refractivity contribution in [2.45, 2.75) is 39.3 Å². The summed E-state index contributed by atoms with van der Waals surface area (Å²) in [6.45, 7) is 11.7. The number of amides is 1. The minimum Gasteiger partial charge on any atom is -0.444 e. The molecule has 1 aliphatic heterocycles. The Morgan fingerprint density at radius 3 is 2.61 bits per heavy atom. The fourth-order valence-electron chi connectivity index (χ4n) is 4.06.